The van der Waals surface area contributed by atoms with E-state index in [4.69, 9.17) is 11.6 Å². The lowest BCUT2D eigenvalue weighted by atomic mass is 9.91. The number of carbonyl (C=O) groups excluding carboxylic acids is 1. The van der Waals surface area contributed by atoms with Gasteiger partial charge in [-0.1, -0.05) is 31.5 Å². The van der Waals surface area contributed by atoms with Crippen LogP contribution in [0.3, 0.4) is 0 Å². The molecule has 0 unspecified atom stereocenters. The van der Waals surface area contributed by atoms with Gasteiger partial charge in [0.25, 0.3) is 5.91 Å². The van der Waals surface area contributed by atoms with E-state index in [1.807, 2.05) is 11.4 Å². The molecule has 0 aromatic carbocycles. The third-order valence-corrected chi connectivity index (χ3v) is 4.30. The second-order valence-corrected chi connectivity index (χ2v) is 6.29. The first-order valence-corrected chi connectivity index (χ1v) is 7.18. The first-order valence-electron chi connectivity index (χ1n) is 5.93. The van der Waals surface area contributed by atoms with Gasteiger partial charge >= 0.3 is 0 Å². The van der Waals surface area contributed by atoms with Gasteiger partial charge < -0.3 is 5.32 Å². The van der Waals surface area contributed by atoms with Crippen LogP contribution in [0.15, 0.2) is 35.8 Å². The van der Waals surface area contributed by atoms with Crippen LogP contribution in [-0.2, 0) is 5.41 Å². The van der Waals surface area contributed by atoms with Gasteiger partial charge in [0.15, 0.2) is 0 Å². The summed E-state index contributed by atoms with van der Waals surface area (Å²) in [4.78, 5) is 17.2. The molecular formula is C14H15ClN2OS. The summed E-state index contributed by atoms with van der Waals surface area (Å²) in [6.07, 6.45) is 1.53. The Kier molecular flexibility index (Phi) is 4.22. The normalized spacial score (nSPS) is 11.3. The average molecular weight is 295 g/mol. The highest BCUT2D eigenvalue weighted by Crippen LogP contribution is 2.26. The summed E-state index contributed by atoms with van der Waals surface area (Å²) in [5.74, 6) is -0.202. The Morgan fingerprint density at radius 1 is 1.47 bits per heavy atom. The minimum Gasteiger partial charge on any atom is -0.350 e. The minimum atomic E-state index is -0.202. The summed E-state index contributed by atoms with van der Waals surface area (Å²) in [5.41, 5.74) is 0.247. The van der Waals surface area contributed by atoms with E-state index >= 15 is 0 Å². The van der Waals surface area contributed by atoms with Gasteiger partial charge in [0.2, 0.25) is 0 Å². The van der Waals surface area contributed by atoms with Crippen LogP contribution in [0.1, 0.15) is 29.2 Å². The van der Waals surface area contributed by atoms with Gasteiger partial charge in [-0.3, -0.25) is 9.78 Å². The molecule has 0 spiro atoms. The van der Waals surface area contributed by atoms with E-state index in [1.54, 1.807) is 23.5 Å². The monoisotopic (exact) mass is 294 g/mol. The fourth-order valence-corrected chi connectivity index (χ4v) is 2.68. The topological polar surface area (TPSA) is 42.0 Å². The second kappa shape index (κ2) is 5.72. The maximum Gasteiger partial charge on any atom is 0.269 e. The number of carbonyl (C=O) groups is 1. The van der Waals surface area contributed by atoms with Crippen molar-refractivity contribution in [2.45, 2.75) is 19.3 Å². The molecule has 2 aromatic heterocycles. The van der Waals surface area contributed by atoms with Crippen LogP contribution in [0.5, 0.6) is 0 Å². The molecule has 0 aliphatic carbocycles. The van der Waals surface area contributed by atoms with Crippen molar-refractivity contribution in [3.05, 3.63) is 51.4 Å². The molecule has 5 heteroatoms. The summed E-state index contributed by atoms with van der Waals surface area (Å²) in [6, 6.07) is 7.31. The number of nitrogens with zero attached hydrogens (tertiary/aromatic N) is 1. The van der Waals surface area contributed by atoms with Crippen molar-refractivity contribution in [2.24, 2.45) is 0 Å². The van der Waals surface area contributed by atoms with Gasteiger partial charge in [0.05, 0.1) is 0 Å². The second-order valence-electron chi connectivity index (χ2n) is 4.90. The van der Waals surface area contributed by atoms with Crippen molar-refractivity contribution in [3.63, 3.8) is 0 Å². The van der Waals surface area contributed by atoms with E-state index in [-0.39, 0.29) is 11.3 Å². The first kappa shape index (κ1) is 14.0. The lowest BCUT2D eigenvalue weighted by Crippen LogP contribution is -2.36. The van der Waals surface area contributed by atoms with Crippen molar-refractivity contribution >= 4 is 28.8 Å². The number of aromatic nitrogens is 1. The summed E-state index contributed by atoms with van der Waals surface area (Å²) in [6.45, 7) is 4.76. The molecule has 0 aliphatic heterocycles. The lowest BCUT2D eigenvalue weighted by molar-refractivity contribution is 0.0941. The number of rotatable bonds is 4. The summed E-state index contributed by atoms with van der Waals surface area (Å²) in [5, 5.41) is 5.45. The molecule has 19 heavy (non-hydrogen) atoms. The van der Waals surface area contributed by atoms with Gasteiger partial charge in [0.1, 0.15) is 5.69 Å². The molecule has 2 heterocycles. The molecular weight excluding hydrogens is 280 g/mol. The molecule has 2 rings (SSSR count). The molecule has 2 aromatic rings. The molecule has 0 saturated carbocycles. The Bertz CT molecular complexity index is 567. The molecule has 1 N–H and O–H groups in total. The van der Waals surface area contributed by atoms with Crippen LogP contribution < -0.4 is 5.32 Å². The third-order valence-electron chi connectivity index (χ3n) is 2.83. The Hall–Kier alpha value is -1.39. The molecule has 0 atom stereocenters. The van der Waals surface area contributed by atoms with Crippen molar-refractivity contribution in [3.8, 4) is 0 Å². The van der Waals surface area contributed by atoms with E-state index in [0.717, 1.165) is 0 Å². The van der Waals surface area contributed by atoms with Gasteiger partial charge in [-0.05, 0) is 23.6 Å². The van der Waals surface area contributed by atoms with E-state index in [2.05, 4.69) is 30.2 Å². The quantitative estimate of drug-likeness (QED) is 0.937. The smallest absolute Gasteiger partial charge is 0.269 e. The van der Waals surface area contributed by atoms with Crippen LogP contribution in [0.4, 0.5) is 0 Å². The van der Waals surface area contributed by atoms with Gasteiger partial charge in [-0.15, -0.1) is 11.3 Å². The average Bonchev–Trinajstić information content (AvgIpc) is 2.90. The van der Waals surface area contributed by atoms with Crippen molar-refractivity contribution in [1.82, 2.24) is 10.3 Å². The number of pyridine rings is 1. The lowest BCUT2D eigenvalue weighted by Gasteiger charge is -2.23. The van der Waals surface area contributed by atoms with E-state index in [9.17, 15) is 4.79 Å². The molecule has 0 aliphatic rings. The third kappa shape index (κ3) is 3.55. The SMILES string of the molecule is CC(C)(CNC(=O)c1cc(Cl)ccn1)c1cccs1. The number of thiophene rings is 1. The van der Waals surface area contributed by atoms with Crippen LogP contribution in [0.2, 0.25) is 5.02 Å². The van der Waals surface area contributed by atoms with E-state index < -0.39 is 0 Å². The molecule has 0 saturated heterocycles. The fourth-order valence-electron chi connectivity index (χ4n) is 1.67. The Morgan fingerprint density at radius 3 is 2.89 bits per heavy atom. The summed E-state index contributed by atoms with van der Waals surface area (Å²) in [7, 11) is 0. The van der Waals surface area contributed by atoms with Crippen molar-refractivity contribution < 1.29 is 4.79 Å². The van der Waals surface area contributed by atoms with Crippen LogP contribution in [0, 0.1) is 0 Å². The fraction of sp³-hybridized carbons (Fsp3) is 0.286. The molecule has 100 valence electrons. The van der Waals surface area contributed by atoms with Gasteiger partial charge in [0, 0.05) is 28.1 Å². The van der Waals surface area contributed by atoms with Gasteiger partial charge in [-0.25, -0.2) is 0 Å². The minimum absolute atomic E-state index is 0.0948. The highest BCUT2D eigenvalue weighted by molar-refractivity contribution is 7.10. The predicted molar refractivity (Wildman–Crippen MR) is 78.9 cm³/mol. The summed E-state index contributed by atoms with van der Waals surface area (Å²) < 4.78 is 0. The van der Waals surface area contributed by atoms with Crippen molar-refractivity contribution in [1.29, 1.82) is 0 Å². The molecule has 1 amide bonds. The van der Waals surface area contributed by atoms with E-state index in [0.29, 0.717) is 17.3 Å². The zero-order valence-corrected chi connectivity index (χ0v) is 12.4. The highest BCUT2D eigenvalue weighted by Gasteiger charge is 2.22. The zero-order chi connectivity index (χ0) is 13.9. The number of hydrogen-bond donors (Lipinski definition) is 1. The number of nitrogens with one attached hydrogen (secondary N) is 1. The zero-order valence-electron chi connectivity index (χ0n) is 10.8. The molecule has 0 radical (unpaired) electrons. The highest BCUT2D eigenvalue weighted by atomic mass is 35.5. The Labute approximate surface area is 121 Å². The van der Waals surface area contributed by atoms with Crippen LogP contribution >= 0.6 is 22.9 Å². The molecule has 3 nitrogen and oxygen atoms in total. The predicted octanol–water partition coefficient (Wildman–Crippen LogP) is 3.50. The maximum atomic E-state index is 12.0. The first-order chi connectivity index (χ1) is 8.99. The Balaban J connectivity index is 2.01. The van der Waals surface area contributed by atoms with Crippen LogP contribution in [-0.4, -0.2) is 17.4 Å². The van der Waals surface area contributed by atoms with Crippen LogP contribution in [0.25, 0.3) is 0 Å². The maximum absolute atomic E-state index is 12.0. The Morgan fingerprint density at radius 2 is 2.26 bits per heavy atom. The number of hydrogen-bond acceptors (Lipinski definition) is 3. The molecule has 0 fully saturated rings. The number of amides is 1. The summed E-state index contributed by atoms with van der Waals surface area (Å²) >= 11 is 7.53. The van der Waals surface area contributed by atoms with Gasteiger partial charge in [-0.2, -0.15) is 0 Å². The molecule has 0 bridgehead atoms. The van der Waals surface area contributed by atoms with E-state index in [1.165, 1.54) is 11.1 Å². The standard InChI is InChI=1S/C14H15ClN2OS/c1-14(2,12-4-3-7-19-12)9-17-13(18)11-8-10(15)5-6-16-11/h3-8H,9H2,1-2H3,(H,17,18). The van der Waals surface area contributed by atoms with Crippen molar-refractivity contribution in [2.75, 3.05) is 6.54 Å². The number of halogens is 1. The largest absolute Gasteiger partial charge is 0.350 e.